The fourth-order valence-electron chi connectivity index (χ4n) is 1.38. The molecule has 0 aliphatic rings. The lowest BCUT2D eigenvalue weighted by Crippen LogP contribution is -1.97. The van der Waals surface area contributed by atoms with Crippen LogP contribution in [0.3, 0.4) is 0 Å². The van der Waals surface area contributed by atoms with Crippen LogP contribution in [-0.2, 0) is 4.79 Å². The third-order valence-corrected chi connectivity index (χ3v) is 2.62. The van der Waals surface area contributed by atoms with Crippen molar-refractivity contribution in [3.63, 3.8) is 0 Å². The topological polar surface area (TPSA) is 17.1 Å². The largest absolute Gasteiger partial charge is 0.300 e. The van der Waals surface area contributed by atoms with Gasteiger partial charge in [-0.15, -0.1) is 0 Å². The van der Waals surface area contributed by atoms with Crippen molar-refractivity contribution in [2.75, 3.05) is 0 Å². The number of halogens is 1. The van der Waals surface area contributed by atoms with Crippen LogP contribution in [0.5, 0.6) is 0 Å². The normalized spacial score (nSPS) is 12.5. The molecule has 1 atom stereocenters. The first-order valence-electron chi connectivity index (χ1n) is 4.84. The van der Waals surface area contributed by atoms with Crippen LogP contribution in [0, 0.1) is 0 Å². The van der Waals surface area contributed by atoms with Gasteiger partial charge in [0.2, 0.25) is 0 Å². The second-order valence-corrected chi connectivity index (χ2v) is 4.13. The second kappa shape index (κ2) is 5.16. The SMILES string of the molecule is CC(=O)CCC(C)c1ccc(Cl)cc1. The molecule has 0 saturated heterocycles. The van der Waals surface area contributed by atoms with Crippen LogP contribution in [0.25, 0.3) is 0 Å². The van der Waals surface area contributed by atoms with Gasteiger partial charge in [-0.05, 0) is 37.0 Å². The lowest BCUT2D eigenvalue weighted by atomic mass is 9.95. The first-order chi connectivity index (χ1) is 6.59. The molecule has 0 aromatic heterocycles. The zero-order valence-electron chi connectivity index (χ0n) is 8.59. The summed E-state index contributed by atoms with van der Waals surface area (Å²) in [6.45, 7) is 3.76. The average Bonchev–Trinajstić information content (AvgIpc) is 2.15. The van der Waals surface area contributed by atoms with Crippen LogP contribution >= 0.6 is 11.6 Å². The smallest absolute Gasteiger partial charge is 0.129 e. The van der Waals surface area contributed by atoms with Gasteiger partial charge >= 0.3 is 0 Å². The summed E-state index contributed by atoms with van der Waals surface area (Å²) >= 11 is 5.79. The summed E-state index contributed by atoms with van der Waals surface area (Å²) in [6.07, 6.45) is 1.57. The zero-order chi connectivity index (χ0) is 10.6. The van der Waals surface area contributed by atoms with Crippen molar-refractivity contribution in [1.29, 1.82) is 0 Å². The van der Waals surface area contributed by atoms with Crippen LogP contribution < -0.4 is 0 Å². The van der Waals surface area contributed by atoms with Crippen molar-refractivity contribution in [2.24, 2.45) is 0 Å². The van der Waals surface area contributed by atoms with E-state index in [0.717, 1.165) is 11.4 Å². The number of hydrogen-bond donors (Lipinski definition) is 0. The number of carbonyl (C=O) groups is 1. The summed E-state index contributed by atoms with van der Waals surface area (Å²) in [6, 6.07) is 7.82. The van der Waals surface area contributed by atoms with Crippen molar-refractivity contribution in [3.8, 4) is 0 Å². The Bertz CT molecular complexity index is 303. The first-order valence-corrected chi connectivity index (χ1v) is 5.22. The van der Waals surface area contributed by atoms with Gasteiger partial charge in [0, 0.05) is 11.4 Å². The number of ketones is 1. The molecular formula is C12H15ClO. The zero-order valence-corrected chi connectivity index (χ0v) is 9.34. The van der Waals surface area contributed by atoms with Gasteiger partial charge in [0.25, 0.3) is 0 Å². The molecule has 1 rings (SSSR count). The standard InChI is InChI=1S/C12H15ClO/c1-9(3-4-10(2)14)11-5-7-12(13)8-6-11/h5-9H,3-4H2,1-2H3. The maximum Gasteiger partial charge on any atom is 0.129 e. The molecule has 0 bridgehead atoms. The minimum atomic E-state index is 0.255. The van der Waals surface area contributed by atoms with E-state index in [4.69, 9.17) is 11.6 Å². The highest BCUT2D eigenvalue weighted by Crippen LogP contribution is 2.22. The number of rotatable bonds is 4. The van der Waals surface area contributed by atoms with Crippen molar-refractivity contribution in [1.82, 2.24) is 0 Å². The van der Waals surface area contributed by atoms with Crippen LogP contribution in [-0.4, -0.2) is 5.78 Å². The van der Waals surface area contributed by atoms with E-state index in [1.807, 2.05) is 24.3 Å². The lowest BCUT2D eigenvalue weighted by Gasteiger charge is -2.10. The van der Waals surface area contributed by atoms with E-state index in [1.165, 1.54) is 5.56 Å². The Morgan fingerprint density at radius 2 is 1.93 bits per heavy atom. The molecule has 0 fully saturated rings. The molecule has 2 heteroatoms. The minimum Gasteiger partial charge on any atom is -0.300 e. The fraction of sp³-hybridized carbons (Fsp3) is 0.417. The van der Waals surface area contributed by atoms with Crippen LogP contribution in [0.1, 0.15) is 38.2 Å². The van der Waals surface area contributed by atoms with Gasteiger partial charge in [-0.1, -0.05) is 30.7 Å². The molecule has 0 aliphatic heterocycles. The molecule has 0 saturated carbocycles. The molecule has 76 valence electrons. The van der Waals surface area contributed by atoms with Gasteiger partial charge in [0.1, 0.15) is 5.78 Å². The Kier molecular flexibility index (Phi) is 4.15. The van der Waals surface area contributed by atoms with E-state index in [1.54, 1.807) is 6.92 Å². The predicted octanol–water partition coefficient (Wildman–Crippen LogP) is 3.81. The molecule has 0 heterocycles. The van der Waals surface area contributed by atoms with Crippen LogP contribution in [0.15, 0.2) is 24.3 Å². The Hall–Kier alpha value is -0.820. The van der Waals surface area contributed by atoms with Gasteiger partial charge in [0.05, 0.1) is 0 Å². The monoisotopic (exact) mass is 210 g/mol. The quantitative estimate of drug-likeness (QED) is 0.739. The molecule has 1 nitrogen and oxygen atoms in total. The first kappa shape index (κ1) is 11.3. The Morgan fingerprint density at radius 1 is 1.36 bits per heavy atom. The third-order valence-electron chi connectivity index (χ3n) is 2.37. The maximum absolute atomic E-state index is 10.8. The van der Waals surface area contributed by atoms with Gasteiger partial charge in [-0.2, -0.15) is 0 Å². The van der Waals surface area contributed by atoms with Crippen molar-refractivity contribution in [2.45, 2.75) is 32.6 Å². The molecule has 0 aliphatic carbocycles. The minimum absolute atomic E-state index is 0.255. The van der Waals surface area contributed by atoms with E-state index in [0.29, 0.717) is 12.3 Å². The number of Topliss-reactive ketones (excluding diaryl/α,β-unsaturated/α-hetero) is 1. The molecule has 1 aromatic rings. The molecule has 0 spiro atoms. The van der Waals surface area contributed by atoms with Gasteiger partial charge in [-0.3, -0.25) is 0 Å². The van der Waals surface area contributed by atoms with Crippen LogP contribution in [0.4, 0.5) is 0 Å². The highest BCUT2D eigenvalue weighted by molar-refractivity contribution is 6.30. The summed E-state index contributed by atoms with van der Waals surface area (Å²) in [5, 5.41) is 0.757. The van der Waals surface area contributed by atoms with E-state index in [9.17, 15) is 4.79 Å². The Morgan fingerprint density at radius 3 is 2.43 bits per heavy atom. The van der Waals surface area contributed by atoms with Gasteiger partial charge in [0.15, 0.2) is 0 Å². The van der Waals surface area contributed by atoms with Crippen LogP contribution in [0.2, 0.25) is 5.02 Å². The molecule has 1 unspecified atom stereocenters. The number of carbonyl (C=O) groups excluding carboxylic acids is 1. The molecule has 0 N–H and O–H groups in total. The summed E-state index contributed by atoms with van der Waals surface area (Å²) in [5.74, 6) is 0.682. The highest BCUT2D eigenvalue weighted by atomic mass is 35.5. The molecule has 0 amide bonds. The third kappa shape index (κ3) is 3.51. The van der Waals surface area contributed by atoms with E-state index in [2.05, 4.69) is 6.92 Å². The fourth-order valence-corrected chi connectivity index (χ4v) is 1.50. The summed E-state index contributed by atoms with van der Waals surface area (Å²) in [5.41, 5.74) is 1.25. The Labute approximate surface area is 90.1 Å². The summed E-state index contributed by atoms with van der Waals surface area (Å²) in [7, 11) is 0. The lowest BCUT2D eigenvalue weighted by molar-refractivity contribution is -0.117. The van der Waals surface area contributed by atoms with E-state index < -0.39 is 0 Å². The predicted molar refractivity (Wildman–Crippen MR) is 59.8 cm³/mol. The average molecular weight is 211 g/mol. The second-order valence-electron chi connectivity index (χ2n) is 3.69. The van der Waals surface area contributed by atoms with Crippen molar-refractivity contribution >= 4 is 17.4 Å². The van der Waals surface area contributed by atoms with E-state index in [-0.39, 0.29) is 5.78 Å². The van der Waals surface area contributed by atoms with Crippen molar-refractivity contribution in [3.05, 3.63) is 34.9 Å². The van der Waals surface area contributed by atoms with Crippen molar-refractivity contribution < 1.29 is 4.79 Å². The molecule has 1 aromatic carbocycles. The Balaban J connectivity index is 2.56. The molecular weight excluding hydrogens is 196 g/mol. The van der Waals surface area contributed by atoms with Gasteiger partial charge < -0.3 is 4.79 Å². The van der Waals surface area contributed by atoms with Gasteiger partial charge in [-0.25, -0.2) is 0 Å². The number of benzene rings is 1. The summed E-state index contributed by atoms with van der Waals surface area (Å²) < 4.78 is 0. The summed E-state index contributed by atoms with van der Waals surface area (Å²) in [4.78, 5) is 10.8. The van der Waals surface area contributed by atoms with E-state index >= 15 is 0 Å². The maximum atomic E-state index is 10.8. The molecule has 14 heavy (non-hydrogen) atoms. The highest BCUT2D eigenvalue weighted by Gasteiger charge is 2.06. The number of hydrogen-bond acceptors (Lipinski definition) is 1. The molecule has 0 radical (unpaired) electrons.